The van der Waals surface area contributed by atoms with Gasteiger partial charge >= 0.3 is 6.09 Å². The van der Waals surface area contributed by atoms with E-state index in [1.54, 1.807) is 11.0 Å². The highest BCUT2D eigenvalue weighted by Crippen LogP contribution is 2.27. The molecule has 1 aliphatic rings. The second-order valence-corrected chi connectivity index (χ2v) is 5.31. The van der Waals surface area contributed by atoms with Gasteiger partial charge in [0.15, 0.2) is 0 Å². The van der Waals surface area contributed by atoms with Crippen molar-refractivity contribution in [3.05, 3.63) is 11.6 Å². The summed E-state index contributed by atoms with van der Waals surface area (Å²) in [5.41, 5.74) is 0.680. The number of carbonyl (C=O) groups excluding carboxylic acids is 1. The van der Waals surface area contributed by atoms with Crippen LogP contribution in [0, 0.1) is 0 Å². The Balaban J connectivity index is 2.72. The Kier molecular flexibility index (Phi) is 4.57. The fraction of sp³-hybridized carbons (Fsp3) is 0.769. The molecular weight excluding hydrogens is 218 g/mol. The molecule has 1 rings (SSSR count). The monoisotopic (exact) mass is 241 g/mol. The van der Waals surface area contributed by atoms with Gasteiger partial charge in [-0.25, -0.2) is 4.79 Å². The first-order valence-electron chi connectivity index (χ1n) is 6.18. The molecule has 1 N–H and O–H groups in total. The number of nitrogens with zero attached hydrogens (tertiary/aromatic N) is 1. The maximum atomic E-state index is 12.0. The molecule has 0 spiro atoms. The predicted molar refractivity (Wildman–Crippen MR) is 66.8 cm³/mol. The molecular formula is C13H23NO3. The normalized spacial score (nSPS) is 23.2. The van der Waals surface area contributed by atoms with Gasteiger partial charge in [0, 0.05) is 6.54 Å². The Labute approximate surface area is 103 Å². The third-order valence-corrected chi connectivity index (χ3v) is 2.81. The second kappa shape index (κ2) is 5.54. The average Bonchev–Trinajstić information content (AvgIpc) is 2.58. The molecule has 0 aromatic rings. The van der Waals surface area contributed by atoms with Gasteiger partial charge in [-0.15, -0.1) is 0 Å². The lowest BCUT2D eigenvalue weighted by molar-refractivity contribution is 0.0235. The average molecular weight is 241 g/mol. The first-order chi connectivity index (χ1) is 7.89. The van der Waals surface area contributed by atoms with Gasteiger partial charge in [-0.2, -0.15) is 0 Å². The molecule has 0 aliphatic carbocycles. The van der Waals surface area contributed by atoms with Gasteiger partial charge in [-0.1, -0.05) is 13.0 Å². The minimum atomic E-state index is -0.460. The van der Waals surface area contributed by atoms with Gasteiger partial charge in [-0.05, 0) is 39.2 Å². The van der Waals surface area contributed by atoms with Crippen molar-refractivity contribution in [2.24, 2.45) is 0 Å². The molecule has 0 bridgehead atoms. The van der Waals surface area contributed by atoms with Crippen LogP contribution in [0.3, 0.4) is 0 Å². The minimum absolute atomic E-state index is 0.0357. The lowest BCUT2D eigenvalue weighted by Crippen LogP contribution is -2.39. The zero-order valence-electron chi connectivity index (χ0n) is 11.2. The largest absolute Gasteiger partial charge is 0.444 e. The van der Waals surface area contributed by atoms with Crippen LogP contribution >= 0.6 is 0 Å². The lowest BCUT2D eigenvalue weighted by Gasteiger charge is -2.28. The van der Waals surface area contributed by atoms with Crippen molar-refractivity contribution in [2.45, 2.75) is 52.2 Å². The third-order valence-electron chi connectivity index (χ3n) is 2.81. The third kappa shape index (κ3) is 3.73. The number of ether oxygens (including phenoxy) is 1. The number of aliphatic hydroxyl groups is 1. The van der Waals surface area contributed by atoms with Crippen molar-refractivity contribution in [3.8, 4) is 0 Å². The number of hydrogen-bond donors (Lipinski definition) is 1. The Morgan fingerprint density at radius 3 is 2.71 bits per heavy atom. The highest BCUT2D eigenvalue weighted by molar-refractivity contribution is 5.70. The molecule has 1 fully saturated rings. The van der Waals surface area contributed by atoms with Crippen LogP contribution in [0.15, 0.2) is 11.6 Å². The maximum absolute atomic E-state index is 12.0. The van der Waals surface area contributed by atoms with E-state index in [2.05, 4.69) is 0 Å². The van der Waals surface area contributed by atoms with Crippen molar-refractivity contribution in [1.29, 1.82) is 0 Å². The summed E-state index contributed by atoms with van der Waals surface area (Å²) in [4.78, 5) is 13.8. The SMILES string of the molecule is CCC1C(=CCO)CCN1C(=O)OC(C)(C)C. The molecule has 17 heavy (non-hydrogen) atoms. The molecule has 1 amide bonds. The van der Waals surface area contributed by atoms with Gasteiger partial charge < -0.3 is 14.7 Å². The molecule has 98 valence electrons. The van der Waals surface area contributed by atoms with Crippen molar-refractivity contribution >= 4 is 6.09 Å². The van der Waals surface area contributed by atoms with Crippen molar-refractivity contribution in [1.82, 2.24) is 4.90 Å². The van der Waals surface area contributed by atoms with Crippen LogP contribution in [-0.4, -0.2) is 40.9 Å². The van der Waals surface area contributed by atoms with E-state index in [4.69, 9.17) is 9.84 Å². The van der Waals surface area contributed by atoms with Gasteiger partial charge in [0.05, 0.1) is 12.6 Å². The Bertz CT molecular complexity index is 304. The van der Waals surface area contributed by atoms with E-state index >= 15 is 0 Å². The number of rotatable bonds is 2. The Morgan fingerprint density at radius 1 is 1.59 bits per heavy atom. The number of carbonyl (C=O) groups is 1. The van der Waals surface area contributed by atoms with Crippen molar-refractivity contribution in [3.63, 3.8) is 0 Å². The van der Waals surface area contributed by atoms with Crippen LogP contribution < -0.4 is 0 Å². The van der Waals surface area contributed by atoms with E-state index in [-0.39, 0.29) is 18.7 Å². The summed E-state index contributed by atoms with van der Waals surface area (Å²) in [7, 11) is 0. The summed E-state index contributed by atoms with van der Waals surface area (Å²) in [6.07, 6.45) is 3.23. The first kappa shape index (κ1) is 14.0. The molecule has 1 unspecified atom stereocenters. The zero-order chi connectivity index (χ0) is 13.1. The standard InChI is InChI=1S/C13H23NO3/c1-5-11-10(7-9-15)6-8-14(11)12(16)17-13(2,3)4/h7,11,15H,5-6,8-9H2,1-4H3. The van der Waals surface area contributed by atoms with E-state index in [9.17, 15) is 4.79 Å². The lowest BCUT2D eigenvalue weighted by atomic mass is 10.1. The molecule has 1 atom stereocenters. The second-order valence-electron chi connectivity index (χ2n) is 5.31. The Morgan fingerprint density at radius 2 is 2.24 bits per heavy atom. The molecule has 1 saturated heterocycles. The molecule has 0 saturated carbocycles. The molecule has 4 heteroatoms. The number of aliphatic hydroxyl groups excluding tert-OH is 1. The maximum Gasteiger partial charge on any atom is 0.410 e. The zero-order valence-corrected chi connectivity index (χ0v) is 11.2. The summed E-state index contributed by atoms with van der Waals surface area (Å²) in [5, 5.41) is 8.94. The first-order valence-corrected chi connectivity index (χ1v) is 6.18. The van der Waals surface area contributed by atoms with Gasteiger partial charge in [-0.3, -0.25) is 0 Å². The van der Waals surface area contributed by atoms with Crippen LogP contribution in [0.2, 0.25) is 0 Å². The van der Waals surface area contributed by atoms with E-state index in [0.29, 0.717) is 6.54 Å². The fourth-order valence-electron chi connectivity index (χ4n) is 2.15. The minimum Gasteiger partial charge on any atom is -0.444 e. The van der Waals surface area contributed by atoms with E-state index in [1.165, 1.54) is 0 Å². The Hall–Kier alpha value is -1.03. The molecule has 0 aromatic heterocycles. The summed E-state index contributed by atoms with van der Waals surface area (Å²) >= 11 is 0. The highest BCUT2D eigenvalue weighted by atomic mass is 16.6. The van der Waals surface area contributed by atoms with Crippen molar-refractivity contribution in [2.75, 3.05) is 13.2 Å². The van der Waals surface area contributed by atoms with Crippen LogP contribution in [0.1, 0.15) is 40.5 Å². The van der Waals surface area contributed by atoms with Crippen molar-refractivity contribution < 1.29 is 14.6 Å². The molecule has 0 aromatic carbocycles. The van der Waals surface area contributed by atoms with Crippen LogP contribution in [-0.2, 0) is 4.74 Å². The summed E-state index contributed by atoms with van der Waals surface area (Å²) in [6.45, 7) is 8.36. The number of amides is 1. The summed E-state index contributed by atoms with van der Waals surface area (Å²) in [5.74, 6) is 0. The highest BCUT2D eigenvalue weighted by Gasteiger charge is 2.33. The summed E-state index contributed by atoms with van der Waals surface area (Å²) < 4.78 is 5.38. The van der Waals surface area contributed by atoms with Gasteiger partial charge in [0.25, 0.3) is 0 Å². The molecule has 0 radical (unpaired) electrons. The van der Waals surface area contributed by atoms with Crippen LogP contribution in [0.25, 0.3) is 0 Å². The molecule has 4 nitrogen and oxygen atoms in total. The molecule has 1 heterocycles. The van der Waals surface area contributed by atoms with E-state index < -0.39 is 5.60 Å². The van der Waals surface area contributed by atoms with E-state index in [1.807, 2.05) is 27.7 Å². The van der Waals surface area contributed by atoms with Gasteiger partial charge in [0.2, 0.25) is 0 Å². The quantitative estimate of drug-likeness (QED) is 0.755. The fourth-order valence-corrected chi connectivity index (χ4v) is 2.15. The topological polar surface area (TPSA) is 49.8 Å². The number of hydrogen-bond acceptors (Lipinski definition) is 3. The molecule has 1 aliphatic heterocycles. The van der Waals surface area contributed by atoms with E-state index in [0.717, 1.165) is 18.4 Å². The summed E-state index contributed by atoms with van der Waals surface area (Å²) in [6, 6.07) is 0.0806. The van der Waals surface area contributed by atoms with Crippen LogP contribution in [0.4, 0.5) is 4.79 Å². The van der Waals surface area contributed by atoms with Crippen LogP contribution in [0.5, 0.6) is 0 Å². The smallest absolute Gasteiger partial charge is 0.410 e. The number of likely N-dealkylation sites (tertiary alicyclic amines) is 1. The predicted octanol–water partition coefficient (Wildman–Crippen LogP) is 2.32. The van der Waals surface area contributed by atoms with Gasteiger partial charge in [0.1, 0.15) is 5.60 Å².